The Labute approximate surface area is 190 Å². The van der Waals surface area contributed by atoms with E-state index in [0.29, 0.717) is 25.6 Å². The van der Waals surface area contributed by atoms with Gasteiger partial charge in [0.2, 0.25) is 0 Å². The zero-order valence-electron chi connectivity index (χ0n) is 19.3. The van der Waals surface area contributed by atoms with Gasteiger partial charge in [-0.3, -0.25) is 4.79 Å². The number of carbonyl (C=O) groups is 1. The molecule has 6 heteroatoms. The number of aliphatic hydroxyl groups excluding tert-OH is 1. The van der Waals surface area contributed by atoms with Crippen LogP contribution in [-0.2, 0) is 14.3 Å². The lowest BCUT2D eigenvalue weighted by atomic mass is 9.93. The first-order valence-corrected chi connectivity index (χ1v) is 11.5. The van der Waals surface area contributed by atoms with Gasteiger partial charge in [-0.1, -0.05) is 32.1 Å². The molecule has 175 valence electrons. The average molecular weight is 445 g/mol. The summed E-state index contributed by atoms with van der Waals surface area (Å²) < 4.78 is 25.6. The van der Waals surface area contributed by atoms with Gasteiger partial charge in [-0.05, 0) is 61.4 Å². The van der Waals surface area contributed by atoms with Crippen molar-refractivity contribution in [3.63, 3.8) is 0 Å². The molecule has 2 aliphatic rings. The van der Waals surface area contributed by atoms with Crippen molar-refractivity contribution in [2.24, 2.45) is 11.8 Å². The first-order valence-electron chi connectivity index (χ1n) is 11.5. The Morgan fingerprint density at radius 3 is 2.69 bits per heavy atom. The van der Waals surface area contributed by atoms with Crippen LogP contribution in [-0.4, -0.2) is 49.6 Å². The van der Waals surface area contributed by atoms with Gasteiger partial charge >= 0.3 is 5.97 Å². The number of nitrogens with zero attached hydrogens (tertiary/aromatic N) is 1. The van der Waals surface area contributed by atoms with Crippen LogP contribution >= 0.6 is 0 Å². The van der Waals surface area contributed by atoms with E-state index in [2.05, 4.69) is 18.2 Å². The molecule has 32 heavy (non-hydrogen) atoms. The molecule has 2 heterocycles. The van der Waals surface area contributed by atoms with Gasteiger partial charge in [-0.2, -0.15) is 0 Å². The van der Waals surface area contributed by atoms with Gasteiger partial charge in [-0.15, -0.1) is 0 Å². The molecule has 1 radical (unpaired) electrons. The molecule has 0 saturated carbocycles. The number of allylic oxidation sites excluding steroid dienone is 1. The van der Waals surface area contributed by atoms with Crippen LogP contribution in [0, 0.1) is 24.1 Å². The number of halogens is 1. The Bertz CT molecular complexity index is 831. The molecular weight excluding hydrogens is 409 g/mol. The van der Waals surface area contributed by atoms with Crippen LogP contribution in [0.3, 0.4) is 0 Å². The molecule has 1 N–H and O–H groups in total. The van der Waals surface area contributed by atoms with Gasteiger partial charge in [0.25, 0.3) is 0 Å². The van der Waals surface area contributed by atoms with E-state index in [-0.39, 0.29) is 18.2 Å². The molecule has 0 aromatic heterocycles. The van der Waals surface area contributed by atoms with E-state index in [9.17, 15) is 14.3 Å². The van der Waals surface area contributed by atoms with Crippen LogP contribution in [0.4, 0.5) is 10.1 Å². The second-order valence-electron chi connectivity index (χ2n) is 8.99. The molecule has 1 fully saturated rings. The van der Waals surface area contributed by atoms with Crippen molar-refractivity contribution >= 4 is 17.7 Å². The predicted molar refractivity (Wildman–Crippen MR) is 125 cm³/mol. The summed E-state index contributed by atoms with van der Waals surface area (Å²) >= 11 is 0. The summed E-state index contributed by atoms with van der Waals surface area (Å²) in [5, 5.41) is 10.2. The largest absolute Gasteiger partial charge is 0.457 e. The van der Waals surface area contributed by atoms with Crippen molar-refractivity contribution in [3.05, 3.63) is 53.7 Å². The van der Waals surface area contributed by atoms with Gasteiger partial charge in [0, 0.05) is 24.7 Å². The Kier molecular flexibility index (Phi) is 8.88. The molecule has 2 aliphatic heterocycles. The smallest absolute Gasteiger partial charge is 0.309 e. The van der Waals surface area contributed by atoms with Crippen LogP contribution in [0.2, 0.25) is 0 Å². The fourth-order valence-corrected chi connectivity index (χ4v) is 4.21. The standard InChI is InChI=1S/C26H35FNO4/c1-18-5-4-6-19(2)26(32-25(30)17-24(29)8-7-18)20(3)13-21-14-22(27)16-23(15-21)28-9-11-31-12-10-28/h4-6,13-16,18-19,24,26,29H,7-12,17H2,1-3H3/b6-4+,20-13+/t18-,19-,24+,26-/m0/s1. The van der Waals surface area contributed by atoms with Crippen molar-refractivity contribution in [1.29, 1.82) is 0 Å². The lowest BCUT2D eigenvalue weighted by Gasteiger charge is -2.29. The highest BCUT2D eigenvalue weighted by Crippen LogP contribution is 2.26. The SMILES string of the molecule is C/C(=C\c1cc(F)cc(N2CCOCC2)c1)[C@H]1OC(=O)C[C@H](O)CC[C@@H](C)[CH]/C=C/[C@@H]1C. The third-order valence-electron chi connectivity index (χ3n) is 6.07. The lowest BCUT2D eigenvalue weighted by molar-refractivity contribution is -0.151. The summed E-state index contributed by atoms with van der Waals surface area (Å²) in [6.45, 7) is 8.71. The highest BCUT2D eigenvalue weighted by molar-refractivity contribution is 5.71. The molecule has 4 atom stereocenters. The minimum atomic E-state index is -0.707. The summed E-state index contributed by atoms with van der Waals surface area (Å²) in [4.78, 5) is 14.6. The maximum absolute atomic E-state index is 14.4. The number of aliphatic hydroxyl groups is 1. The van der Waals surface area contributed by atoms with Crippen LogP contribution < -0.4 is 4.90 Å². The second-order valence-corrected chi connectivity index (χ2v) is 8.99. The van der Waals surface area contributed by atoms with Crippen molar-refractivity contribution < 1.29 is 23.8 Å². The predicted octanol–water partition coefficient (Wildman–Crippen LogP) is 4.55. The number of esters is 1. The number of rotatable bonds is 3. The maximum atomic E-state index is 14.4. The maximum Gasteiger partial charge on any atom is 0.309 e. The first-order chi connectivity index (χ1) is 15.3. The van der Waals surface area contributed by atoms with Crippen molar-refractivity contribution in [2.75, 3.05) is 31.2 Å². The van der Waals surface area contributed by atoms with Crippen molar-refractivity contribution in [1.82, 2.24) is 0 Å². The molecule has 0 amide bonds. The van der Waals surface area contributed by atoms with Crippen LogP contribution in [0.5, 0.6) is 0 Å². The highest BCUT2D eigenvalue weighted by atomic mass is 19.1. The van der Waals surface area contributed by atoms with Gasteiger partial charge in [0.1, 0.15) is 11.9 Å². The molecule has 3 rings (SSSR count). The number of carbonyl (C=O) groups excluding carboxylic acids is 1. The van der Waals surface area contributed by atoms with Gasteiger partial charge in [-0.25, -0.2) is 4.39 Å². The van der Waals surface area contributed by atoms with Crippen molar-refractivity contribution in [2.45, 2.75) is 52.2 Å². The molecule has 1 aromatic rings. The highest BCUT2D eigenvalue weighted by Gasteiger charge is 2.24. The molecule has 0 unspecified atom stereocenters. The number of anilines is 1. The number of morpholine rings is 1. The van der Waals surface area contributed by atoms with E-state index in [4.69, 9.17) is 9.47 Å². The van der Waals surface area contributed by atoms with Gasteiger partial charge in [0.05, 0.1) is 25.7 Å². The summed E-state index contributed by atoms with van der Waals surface area (Å²) in [6, 6.07) is 4.98. The van der Waals surface area contributed by atoms with Gasteiger partial charge in [0.15, 0.2) is 0 Å². The van der Waals surface area contributed by atoms with E-state index in [1.54, 1.807) is 0 Å². The van der Waals surface area contributed by atoms with E-state index < -0.39 is 18.2 Å². The Morgan fingerprint density at radius 1 is 1.19 bits per heavy atom. The van der Waals surface area contributed by atoms with Crippen LogP contribution in [0.25, 0.3) is 6.08 Å². The molecule has 0 spiro atoms. The fraction of sp³-hybridized carbons (Fsp3) is 0.538. The average Bonchev–Trinajstić information content (AvgIpc) is 2.75. The third kappa shape index (κ3) is 7.17. The lowest BCUT2D eigenvalue weighted by Crippen LogP contribution is -2.36. The Balaban J connectivity index is 1.84. The summed E-state index contributed by atoms with van der Waals surface area (Å²) in [5.74, 6) is -0.462. The van der Waals surface area contributed by atoms with Gasteiger partial charge < -0.3 is 19.5 Å². The monoisotopic (exact) mass is 444 g/mol. The number of ether oxygens (including phenoxy) is 2. The number of hydrogen-bond donors (Lipinski definition) is 1. The Morgan fingerprint density at radius 2 is 1.94 bits per heavy atom. The normalized spacial score (nSPS) is 29.6. The zero-order chi connectivity index (χ0) is 23.1. The van der Waals surface area contributed by atoms with Crippen molar-refractivity contribution in [3.8, 4) is 0 Å². The van der Waals surface area contributed by atoms with E-state index in [1.807, 2.05) is 38.1 Å². The molecule has 1 saturated heterocycles. The third-order valence-corrected chi connectivity index (χ3v) is 6.07. The van der Waals surface area contributed by atoms with E-state index in [0.717, 1.165) is 36.3 Å². The zero-order valence-corrected chi connectivity index (χ0v) is 19.3. The van der Waals surface area contributed by atoms with E-state index >= 15 is 0 Å². The quantitative estimate of drug-likeness (QED) is 0.693. The topological polar surface area (TPSA) is 59.0 Å². The molecular formula is C26H35FNO4. The summed E-state index contributed by atoms with van der Waals surface area (Å²) in [7, 11) is 0. The van der Waals surface area contributed by atoms with Crippen LogP contribution in [0.15, 0.2) is 35.9 Å². The second kappa shape index (κ2) is 11.6. The molecule has 1 aromatic carbocycles. The molecule has 5 nitrogen and oxygen atoms in total. The fourth-order valence-electron chi connectivity index (χ4n) is 4.21. The Hall–Kier alpha value is -2.18. The summed E-state index contributed by atoms with van der Waals surface area (Å²) in [5.41, 5.74) is 2.37. The number of hydrogen-bond acceptors (Lipinski definition) is 5. The molecule has 0 bridgehead atoms. The minimum Gasteiger partial charge on any atom is -0.457 e. The first kappa shape index (κ1) is 24.5. The number of benzene rings is 1. The number of cyclic esters (lactones) is 1. The van der Waals surface area contributed by atoms with Crippen LogP contribution in [0.1, 0.15) is 45.6 Å². The van der Waals surface area contributed by atoms with E-state index in [1.165, 1.54) is 12.1 Å². The minimum absolute atomic E-state index is 0.0198. The summed E-state index contributed by atoms with van der Waals surface area (Å²) in [6.07, 6.45) is 8.20. The molecule has 0 aliphatic carbocycles.